The van der Waals surface area contributed by atoms with Gasteiger partial charge < -0.3 is 15.1 Å². The van der Waals surface area contributed by atoms with Crippen molar-refractivity contribution in [2.45, 2.75) is 25.7 Å². The summed E-state index contributed by atoms with van der Waals surface area (Å²) in [7, 11) is -1.48. The van der Waals surface area contributed by atoms with E-state index in [-0.39, 0.29) is 12.4 Å². The fraction of sp³-hybridized carbons (Fsp3) is 0.538. The predicted octanol–water partition coefficient (Wildman–Crippen LogP) is 2.56. The van der Waals surface area contributed by atoms with Gasteiger partial charge in [0.15, 0.2) is 0 Å². The molecule has 0 radical (unpaired) electrons. The molecule has 5 heteroatoms. The third kappa shape index (κ3) is 4.61. The molecule has 0 bridgehead atoms. The van der Waals surface area contributed by atoms with Crippen LogP contribution in [0.4, 0.5) is 0 Å². The number of piperazine rings is 1. The summed E-state index contributed by atoms with van der Waals surface area (Å²) in [5.74, 6) is 0.997. The maximum absolute atomic E-state index is 5.95. The molecule has 3 nitrogen and oxygen atoms in total. The first-order chi connectivity index (χ1) is 8.04. The van der Waals surface area contributed by atoms with Crippen molar-refractivity contribution >= 4 is 20.7 Å². The molecule has 2 N–H and O–H groups in total. The summed E-state index contributed by atoms with van der Waals surface area (Å²) in [5.41, 5.74) is 1.33. The Bertz CT molecular complexity index is 358. The zero-order valence-corrected chi connectivity index (χ0v) is 13.1. The highest BCUT2D eigenvalue weighted by Crippen LogP contribution is 2.20. The van der Waals surface area contributed by atoms with Crippen LogP contribution < -0.4 is 15.1 Å². The Kier molecular flexibility index (Phi) is 5.66. The highest BCUT2D eigenvalue weighted by Gasteiger charge is 2.17. The SMILES string of the molecule is C[Si](C)(C)Oc1ccc([C@H]2CNCCN2)cc1.Cl. The van der Waals surface area contributed by atoms with Crippen LogP contribution in [0.5, 0.6) is 5.75 Å². The van der Waals surface area contributed by atoms with E-state index in [9.17, 15) is 0 Å². The average Bonchev–Trinajstić information content (AvgIpc) is 2.29. The molecule has 0 aromatic heterocycles. The van der Waals surface area contributed by atoms with E-state index in [1.165, 1.54) is 5.56 Å². The fourth-order valence-electron chi connectivity index (χ4n) is 2.01. The molecule has 1 atom stereocenters. The van der Waals surface area contributed by atoms with E-state index in [4.69, 9.17) is 4.43 Å². The Labute approximate surface area is 117 Å². The van der Waals surface area contributed by atoms with E-state index in [1.54, 1.807) is 0 Å². The molecule has 1 aromatic carbocycles. The van der Waals surface area contributed by atoms with Crippen LogP contribution in [0, 0.1) is 0 Å². The fourth-order valence-corrected chi connectivity index (χ4v) is 2.85. The molecule has 1 saturated heterocycles. The van der Waals surface area contributed by atoms with Gasteiger partial charge in [-0.25, -0.2) is 0 Å². The molecule has 0 spiro atoms. The van der Waals surface area contributed by atoms with Crippen molar-refractivity contribution < 1.29 is 4.43 Å². The summed E-state index contributed by atoms with van der Waals surface area (Å²) in [5, 5.41) is 6.91. The van der Waals surface area contributed by atoms with E-state index in [0.717, 1.165) is 25.4 Å². The largest absolute Gasteiger partial charge is 0.544 e. The Hall–Kier alpha value is -0.553. The van der Waals surface area contributed by atoms with Crippen LogP contribution in [0.2, 0.25) is 19.6 Å². The first-order valence-corrected chi connectivity index (χ1v) is 9.68. The molecular formula is C13H23ClN2OSi. The molecule has 0 aliphatic carbocycles. The minimum atomic E-state index is -1.48. The second-order valence-corrected chi connectivity index (χ2v) is 9.92. The van der Waals surface area contributed by atoms with E-state index in [2.05, 4.69) is 54.5 Å². The summed E-state index contributed by atoms with van der Waals surface area (Å²) in [6, 6.07) is 8.94. The molecule has 2 rings (SSSR count). The van der Waals surface area contributed by atoms with Crippen molar-refractivity contribution in [3.05, 3.63) is 29.8 Å². The summed E-state index contributed by atoms with van der Waals surface area (Å²) >= 11 is 0. The van der Waals surface area contributed by atoms with Gasteiger partial charge in [0.05, 0.1) is 0 Å². The molecule has 0 amide bonds. The van der Waals surface area contributed by atoms with Crippen molar-refractivity contribution in [2.24, 2.45) is 0 Å². The van der Waals surface area contributed by atoms with E-state index in [0.29, 0.717) is 6.04 Å². The number of hydrogen-bond donors (Lipinski definition) is 2. The normalized spacial score (nSPS) is 20.1. The van der Waals surface area contributed by atoms with Gasteiger partial charge in [0.2, 0.25) is 8.32 Å². The van der Waals surface area contributed by atoms with Gasteiger partial charge in [-0.2, -0.15) is 0 Å². The van der Waals surface area contributed by atoms with E-state index < -0.39 is 8.32 Å². The molecule has 102 valence electrons. The van der Waals surface area contributed by atoms with Crippen LogP contribution in [-0.2, 0) is 0 Å². The van der Waals surface area contributed by atoms with Crippen LogP contribution >= 0.6 is 12.4 Å². The number of benzene rings is 1. The lowest BCUT2D eigenvalue weighted by atomic mass is 10.1. The van der Waals surface area contributed by atoms with E-state index >= 15 is 0 Å². The molecule has 1 aliphatic heterocycles. The van der Waals surface area contributed by atoms with Crippen LogP contribution in [-0.4, -0.2) is 28.0 Å². The lowest BCUT2D eigenvalue weighted by molar-refractivity contribution is 0.430. The van der Waals surface area contributed by atoms with Gasteiger partial charge >= 0.3 is 0 Å². The third-order valence-electron chi connectivity index (χ3n) is 2.75. The number of hydrogen-bond acceptors (Lipinski definition) is 3. The first kappa shape index (κ1) is 15.5. The maximum Gasteiger partial charge on any atom is 0.242 e. The zero-order chi connectivity index (χ0) is 12.3. The highest BCUT2D eigenvalue weighted by atomic mass is 35.5. The van der Waals surface area contributed by atoms with Gasteiger partial charge in [0, 0.05) is 25.7 Å². The van der Waals surface area contributed by atoms with Crippen molar-refractivity contribution in [1.29, 1.82) is 0 Å². The topological polar surface area (TPSA) is 33.3 Å². The molecule has 1 fully saturated rings. The van der Waals surface area contributed by atoms with Crippen molar-refractivity contribution in [3.63, 3.8) is 0 Å². The predicted molar refractivity (Wildman–Crippen MR) is 81.3 cm³/mol. The Morgan fingerprint density at radius 1 is 1.11 bits per heavy atom. The van der Waals surface area contributed by atoms with Crippen LogP contribution in [0.15, 0.2) is 24.3 Å². The molecule has 0 unspecified atom stereocenters. The van der Waals surface area contributed by atoms with Crippen LogP contribution in [0.3, 0.4) is 0 Å². The Morgan fingerprint density at radius 3 is 2.28 bits per heavy atom. The highest BCUT2D eigenvalue weighted by molar-refractivity contribution is 6.70. The molecule has 0 saturated carbocycles. The minimum absolute atomic E-state index is 0. The van der Waals surface area contributed by atoms with E-state index in [1.807, 2.05) is 0 Å². The number of nitrogens with one attached hydrogen (secondary N) is 2. The van der Waals surface area contributed by atoms with Gasteiger partial charge in [0.1, 0.15) is 5.75 Å². The van der Waals surface area contributed by atoms with Gasteiger partial charge in [-0.3, -0.25) is 0 Å². The number of rotatable bonds is 3. The Morgan fingerprint density at radius 2 is 1.78 bits per heavy atom. The molecular weight excluding hydrogens is 264 g/mol. The van der Waals surface area contributed by atoms with Gasteiger partial charge in [-0.15, -0.1) is 12.4 Å². The Balaban J connectivity index is 0.00000162. The van der Waals surface area contributed by atoms with Crippen molar-refractivity contribution in [1.82, 2.24) is 10.6 Å². The first-order valence-electron chi connectivity index (χ1n) is 6.28. The quantitative estimate of drug-likeness (QED) is 0.838. The average molecular weight is 287 g/mol. The second-order valence-electron chi connectivity index (χ2n) is 5.49. The molecule has 18 heavy (non-hydrogen) atoms. The third-order valence-corrected chi connectivity index (χ3v) is 3.60. The van der Waals surface area contributed by atoms with Gasteiger partial charge in [-0.1, -0.05) is 12.1 Å². The van der Waals surface area contributed by atoms with Crippen LogP contribution in [0.1, 0.15) is 11.6 Å². The smallest absolute Gasteiger partial charge is 0.242 e. The summed E-state index contributed by atoms with van der Waals surface area (Å²) < 4.78 is 5.95. The lowest BCUT2D eigenvalue weighted by Gasteiger charge is -2.25. The number of halogens is 1. The lowest BCUT2D eigenvalue weighted by Crippen LogP contribution is -2.42. The van der Waals surface area contributed by atoms with Gasteiger partial charge in [-0.05, 0) is 37.3 Å². The summed E-state index contributed by atoms with van der Waals surface area (Å²) in [6.45, 7) is 9.72. The standard InChI is InChI=1S/C13H22N2OSi.ClH/c1-17(2,3)16-12-6-4-11(5-7-12)13-10-14-8-9-15-13;/h4-7,13-15H,8-10H2,1-3H3;1H/t13-;/m1./s1. The monoisotopic (exact) mass is 286 g/mol. The summed E-state index contributed by atoms with van der Waals surface area (Å²) in [4.78, 5) is 0. The van der Waals surface area contributed by atoms with Gasteiger partial charge in [0.25, 0.3) is 0 Å². The summed E-state index contributed by atoms with van der Waals surface area (Å²) in [6.07, 6.45) is 0. The van der Waals surface area contributed by atoms with Crippen LogP contribution in [0.25, 0.3) is 0 Å². The zero-order valence-electron chi connectivity index (χ0n) is 11.3. The molecule has 1 heterocycles. The van der Waals surface area contributed by atoms with Crippen molar-refractivity contribution in [3.8, 4) is 5.75 Å². The van der Waals surface area contributed by atoms with Crippen molar-refractivity contribution in [2.75, 3.05) is 19.6 Å². The molecule has 1 aromatic rings. The second kappa shape index (κ2) is 6.57. The minimum Gasteiger partial charge on any atom is -0.544 e. The maximum atomic E-state index is 5.95. The molecule has 1 aliphatic rings.